The largest absolute Gasteiger partial charge is 0.491 e. The Labute approximate surface area is 178 Å². The second-order valence-corrected chi connectivity index (χ2v) is 9.32. The molecule has 2 aliphatic heterocycles. The summed E-state index contributed by atoms with van der Waals surface area (Å²) in [6.45, 7) is 9.98. The Balaban J connectivity index is 1.33. The van der Waals surface area contributed by atoms with Crippen LogP contribution >= 0.6 is 0 Å². The number of hydrogen-bond acceptors (Lipinski definition) is 5. The zero-order valence-corrected chi connectivity index (χ0v) is 18.1. The van der Waals surface area contributed by atoms with Crippen molar-refractivity contribution < 1.29 is 9.53 Å². The summed E-state index contributed by atoms with van der Waals surface area (Å²) in [5.41, 5.74) is 0.854. The molecule has 7 nitrogen and oxygen atoms in total. The van der Waals surface area contributed by atoms with Crippen LogP contribution in [0.5, 0.6) is 5.75 Å². The number of likely N-dealkylation sites (tertiary alicyclic amines) is 1. The Morgan fingerprint density at radius 1 is 1.17 bits per heavy atom. The molecule has 4 rings (SSSR count). The van der Waals surface area contributed by atoms with Crippen molar-refractivity contribution in [2.75, 3.05) is 32.8 Å². The summed E-state index contributed by atoms with van der Waals surface area (Å²) >= 11 is 0. The fraction of sp³-hybridized carbons (Fsp3) is 0.565. The molecule has 0 saturated carbocycles. The van der Waals surface area contributed by atoms with E-state index in [9.17, 15) is 4.79 Å². The van der Waals surface area contributed by atoms with Gasteiger partial charge in [-0.05, 0) is 24.3 Å². The Morgan fingerprint density at radius 3 is 2.73 bits per heavy atom. The fourth-order valence-electron chi connectivity index (χ4n) is 4.23. The van der Waals surface area contributed by atoms with Crippen molar-refractivity contribution in [3.05, 3.63) is 48.5 Å². The number of carbonyl (C=O) groups excluding carboxylic acids is 1. The summed E-state index contributed by atoms with van der Waals surface area (Å²) in [6.07, 6.45) is 7.19. The third-order valence-corrected chi connectivity index (χ3v) is 6.31. The van der Waals surface area contributed by atoms with Gasteiger partial charge in [0.25, 0.3) is 0 Å². The molecule has 0 aliphatic carbocycles. The topological polar surface area (TPSA) is 71.4 Å². The molecule has 1 amide bonds. The van der Waals surface area contributed by atoms with Gasteiger partial charge >= 0.3 is 0 Å². The monoisotopic (exact) mass is 411 g/mol. The van der Waals surface area contributed by atoms with Crippen LogP contribution < -0.4 is 15.4 Å². The van der Waals surface area contributed by atoms with Gasteiger partial charge in [-0.2, -0.15) is 0 Å². The Bertz CT molecular complexity index is 841. The van der Waals surface area contributed by atoms with E-state index in [1.54, 1.807) is 12.5 Å². The molecular weight excluding hydrogens is 378 g/mol. The van der Waals surface area contributed by atoms with Crippen LogP contribution in [0.1, 0.15) is 32.3 Å². The quantitative estimate of drug-likeness (QED) is 0.761. The zero-order chi connectivity index (χ0) is 21.0. The number of piperidine rings is 1. The van der Waals surface area contributed by atoms with E-state index in [0.29, 0.717) is 6.61 Å². The lowest BCUT2D eigenvalue weighted by Crippen LogP contribution is -2.60. The molecule has 0 bridgehead atoms. The van der Waals surface area contributed by atoms with Crippen molar-refractivity contribution in [1.29, 1.82) is 0 Å². The first kappa shape index (κ1) is 20.9. The van der Waals surface area contributed by atoms with Crippen molar-refractivity contribution >= 4 is 5.91 Å². The van der Waals surface area contributed by atoms with E-state index < -0.39 is 5.54 Å². The average Bonchev–Trinajstić information content (AvgIpc) is 3.23. The van der Waals surface area contributed by atoms with Crippen LogP contribution in [0.4, 0.5) is 0 Å². The van der Waals surface area contributed by atoms with Crippen LogP contribution in [0.2, 0.25) is 0 Å². The molecule has 1 spiro atoms. The van der Waals surface area contributed by atoms with E-state index in [1.165, 1.54) is 5.56 Å². The molecule has 0 atom stereocenters. The van der Waals surface area contributed by atoms with Crippen LogP contribution in [-0.4, -0.2) is 58.7 Å². The highest BCUT2D eigenvalue weighted by atomic mass is 16.5. The third kappa shape index (κ3) is 4.84. The van der Waals surface area contributed by atoms with E-state index in [0.717, 1.165) is 57.9 Å². The highest BCUT2D eigenvalue weighted by molar-refractivity contribution is 5.86. The van der Waals surface area contributed by atoms with Gasteiger partial charge in [-0.25, -0.2) is 4.98 Å². The van der Waals surface area contributed by atoms with Crippen molar-refractivity contribution in [3.63, 3.8) is 0 Å². The SMILES string of the molecule is CC1(C)CNC(=O)C2(CCN(Cc3ccccc3OCCn3ccnc3)CC2)NC1. The average molecular weight is 412 g/mol. The molecule has 0 radical (unpaired) electrons. The molecule has 2 fully saturated rings. The molecule has 162 valence electrons. The summed E-state index contributed by atoms with van der Waals surface area (Å²) in [4.78, 5) is 19.3. The number of hydrogen-bond donors (Lipinski definition) is 2. The molecule has 2 aromatic rings. The second-order valence-electron chi connectivity index (χ2n) is 9.32. The summed E-state index contributed by atoms with van der Waals surface area (Å²) in [5, 5.41) is 6.76. The first-order chi connectivity index (χ1) is 14.5. The number of carbonyl (C=O) groups is 1. The molecule has 3 heterocycles. The van der Waals surface area contributed by atoms with Gasteiger partial charge in [0.2, 0.25) is 5.91 Å². The van der Waals surface area contributed by atoms with Crippen molar-refractivity contribution in [3.8, 4) is 5.75 Å². The van der Waals surface area contributed by atoms with Crippen LogP contribution in [0.25, 0.3) is 0 Å². The minimum Gasteiger partial charge on any atom is -0.491 e. The minimum absolute atomic E-state index is 0.0866. The third-order valence-electron chi connectivity index (χ3n) is 6.31. The summed E-state index contributed by atoms with van der Waals surface area (Å²) < 4.78 is 8.08. The highest BCUT2D eigenvalue weighted by Crippen LogP contribution is 2.29. The van der Waals surface area contributed by atoms with E-state index in [2.05, 4.69) is 46.5 Å². The standard InChI is InChI=1S/C23H33N5O2/c1-22(2)16-25-21(29)23(26-17-22)7-10-27(11-8-23)15-19-5-3-4-6-20(19)30-14-13-28-12-9-24-18-28/h3-6,9,12,18,26H,7-8,10-11,13-17H2,1-2H3,(H,25,29). The predicted molar refractivity (Wildman–Crippen MR) is 116 cm³/mol. The number of benzene rings is 1. The lowest BCUT2D eigenvalue weighted by Gasteiger charge is -2.40. The first-order valence-corrected chi connectivity index (χ1v) is 10.9. The van der Waals surface area contributed by atoms with Gasteiger partial charge in [0.05, 0.1) is 12.9 Å². The van der Waals surface area contributed by atoms with E-state index in [1.807, 2.05) is 22.9 Å². The zero-order valence-electron chi connectivity index (χ0n) is 18.1. The van der Waals surface area contributed by atoms with Gasteiger partial charge in [-0.3, -0.25) is 9.69 Å². The number of nitrogens with one attached hydrogen (secondary N) is 2. The molecule has 2 aliphatic rings. The first-order valence-electron chi connectivity index (χ1n) is 10.9. The van der Waals surface area contributed by atoms with E-state index >= 15 is 0 Å². The van der Waals surface area contributed by atoms with Crippen molar-refractivity contribution in [2.45, 2.75) is 45.3 Å². The lowest BCUT2D eigenvalue weighted by atomic mass is 9.86. The van der Waals surface area contributed by atoms with Gasteiger partial charge in [-0.15, -0.1) is 0 Å². The fourth-order valence-corrected chi connectivity index (χ4v) is 4.23. The van der Waals surface area contributed by atoms with Crippen LogP contribution in [0.3, 0.4) is 0 Å². The van der Waals surface area contributed by atoms with E-state index in [-0.39, 0.29) is 11.3 Å². The molecule has 0 unspecified atom stereocenters. The van der Waals surface area contributed by atoms with Crippen molar-refractivity contribution in [1.82, 2.24) is 25.1 Å². The van der Waals surface area contributed by atoms with Gasteiger partial charge in [-0.1, -0.05) is 32.0 Å². The Kier molecular flexibility index (Phi) is 6.11. The maximum absolute atomic E-state index is 12.8. The maximum atomic E-state index is 12.8. The molecular formula is C23H33N5O2. The lowest BCUT2D eigenvalue weighted by molar-refractivity contribution is -0.129. The predicted octanol–water partition coefficient (Wildman–Crippen LogP) is 2.04. The van der Waals surface area contributed by atoms with Gasteiger partial charge in [0, 0.05) is 50.7 Å². The molecule has 30 heavy (non-hydrogen) atoms. The number of rotatable bonds is 6. The van der Waals surface area contributed by atoms with Crippen LogP contribution in [0, 0.1) is 5.41 Å². The van der Waals surface area contributed by atoms with Gasteiger partial charge < -0.3 is 19.9 Å². The van der Waals surface area contributed by atoms with Crippen molar-refractivity contribution in [2.24, 2.45) is 5.41 Å². The summed E-state index contributed by atoms with van der Waals surface area (Å²) in [7, 11) is 0. The van der Waals surface area contributed by atoms with E-state index in [4.69, 9.17) is 4.74 Å². The molecule has 2 saturated heterocycles. The van der Waals surface area contributed by atoms with Crippen LogP contribution in [0.15, 0.2) is 43.0 Å². The molecule has 1 aromatic carbocycles. The molecule has 1 aromatic heterocycles. The van der Waals surface area contributed by atoms with Gasteiger partial charge in [0.1, 0.15) is 17.9 Å². The highest BCUT2D eigenvalue weighted by Gasteiger charge is 2.44. The Hall–Kier alpha value is -2.38. The second kappa shape index (κ2) is 8.78. The Morgan fingerprint density at radius 2 is 1.97 bits per heavy atom. The maximum Gasteiger partial charge on any atom is 0.240 e. The molecule has 7 heteroatoms. The summed E-state index contributed by atoms with van der Waals surface area (Å²) in [5.74, 6) is 1.10. The minimum atomic E-state index is -0.426. The number of nitrogens with zero attached hydrogens (tertiary/aromatic N) is 3. The summed E-state index contributed by atoms with van der Waals surface area (Å²) in [6, 6.07) is 8.25. The number of para-hydroxylation sites is 1. The normalized spacial score (nSPS) is 21.2. The number of imidazole rings is 1. The van der Waals surface area contributed by atoms with Crippen LogP contribution in [-0.2, 0) is 17.9 Å². The number of aromatic nitrogens is 2. The van der Waals surface area contributed by atoms with Gasteiger partial charge in [0.15, 0.2) is 0 Å². The number of amides is 1. The molecule has 2 N–H and O–H groups in total. The smallest absolute Gasteiger partial charge is 0.240 e. The number of ether oxygens (including phenoxy) is 1.